The predicted molar refractivity (Wildman–Crippen MR) is 102 cm³/mol. The number of anilines is 1. The van der Waals surface area contributed by atoms with Gasteiger partial charge in [0.05, 0.1) is 11.7 Å². The van der Waals surface area contributed by atoms with Crippen LogP contribution < -0.4 is 10.2 Å². The number of nitrogens with zero attached hydrogens (tertiary/aromatic N) is 3. The first-order valence-corrected chi connectivity index (χ1v) is 9.86. The van der Waals surface area contributed by atoms with Gasteiger partial charge in [-0.05, 0) is 18.4 Å². The Bertz CT molecular complexity index is 796. The Morgan fingerprint density at radius 2 is 2.12 bits per heavy atom. The first-order chi connectivity index (χ1) is 12.4. The molecule has 2 aliphatic heterocycles. The largest absolute Gasteiger partial charge is 0.477 e. The number of hydrogen-bond donors (Lipinski definition) is 2. The van der Waals surface area contributed by atoms with Crippen LogP contribution in [-0.2, 0) is 11.2 Å². The lowest BCUT2D eigenvalue weighted by atomic mass is 10.1. The lowest BCUT2D eigenvalue weighted by Crippen LogP contribution is -2.60. The van der Waals surface area contributed by atoms with Gasteiger partial charge >= 0.3 is 5.97 Å². The summed E-state index contributed by atoms with van der Waals surface area (Å²) in [7, 11) is 0. The van der Waals surface area contributed by atoms with Crippen molar-refractivity contribution in [1.29, 1.82) is 0 Å². The molecule has 1 aromatic rings. The third-order valence-electron chi connectivity index (χ3n) is 4.45. The van der Waals surface area contributed by atoms with Gasteiger partial charge < -0.3 is 15.3 Å². The zero-order valence-corrected chi connectivity index (χ0v) is 16.3. The Labute approximate surface area is 160 Å². The summed E-state index contributed by atoms with van der Waals surface area (Å²) in [4.78, 5) is 34.5. The number of carbonyl (C=O) groups excluding carboxylic acids is 1. The number of aromatic nitrogens is 1. The van der Waals surface area contributed by atoms with Crippen LogP contribution in [0.1, 0.15) is 48.5 Å². The molecule has 7 nitrogen and oxygen atoms in total. The van der Waals surface area contributed by atoms with Gasteiger partial charge in [0.1, 0.15) is 15.7 Å². The van der Waals surface area contributed by atoms with E-state index in [2.05, 4.69) is 15.3 Å². The van der Waals surface area contributed by atoms with E-state index in [1.54, 1.807) is 0 Å². The Kier molecular flexibility index (Phi) is 5.62. The maximum absolute atomic E-state index is 12.3. The molecule has 0 atom stereocenters. The minimum Gasteiger partial charge on any atom is -0.477 e. The van der Waals surface area contributed by atoms with Crippen molar-refractivity contribution in [3.05, 3.63) is 21.3 Å². The second kappa shape index (κ2) is 7.75. The Hall–Kier alpha value is -1.93. The monoisotopic (exact) mass is 396 g/mol. The molecule has 3 rings (SSSR count). The smallest absolute Gasteiger partial charge is 0.347 e. The number of aromatic carboxylic acids is 1. The highest BCUT2D eigenvalue weighted by Gasteiger charge is 2.33. The van der Waals surface area contributed by atoms with Crippen molar-refractivity contribution in [3.63, 3.8) is 0 Å². The molecule has 0 radical (unpaired) electrons. The number of aryl methyl sites for hydroxylation is 1. The molecule has 140 valence electrons. The topological polar surface area (TPSA) is 94.9 Å². The number of carboxylic acid groups (broad SMARTS) is 1. The molecule has 26 heavy (non-hydrogen) atoms. The van der Waals surface area contributed by atoms with E-state index >= 15 is 0 Å². The van der Waals surface area contributed by atoms with Crippen LogP contribution in [-0.4, -0.2) is 46.8 Å². The van der Waals surface area contributed by atoms with Crippen molar-refractivity contribution in [2.45, 2.75) is 45.6 Å². The number of carbonyl (C=O) groups is 2. The van der Waals surface area contributed by atoms with Gasteiger partial charge in [-0.2, -0.15) is 0 Å². The average molecular weight is 397 g/mol. The first-order valence-electron chi connectivity index (χ1n) is 8.66. The molecule has 2 N–H and O–H groups in total. The van der Waals surface area contributed by atoms with Gasteiger partial charge in [-0.25, -0.2) is 14.8 Å². The second-order valence-electron chi connectivity index (χ2n) is 6.39. The van der Waals surface area contributed by atoms with Gasteiger partial charge in [0.15, 0.2) is 5.13 Å². The average Bonchev–Trinajstić information content (AvgIpc) is 3.14. The van der Waals surface area contributed by atoms with Gasteiger partial charge in [-0.3, -0.25) is 4.79 Å². The quantitative estimate of drug-likeness (QED) is 0.691. The van der Waals surface area contributed by atoms with Crippen LogP contribution in [0.4, 0.5) is 5.13 Å². The molecule has 0 saturated carbocycles. The summed E-state index contributed by atoms with van der Waals surface area (Å²) < 4.78 is 0. The van der Waals surface area contributed by atoms with Crippen molar-refractivity contribution in [2.75, 3.05) is 18.0 Å². The Morgan fingerprint density at radius 3 is 2.69 bits per heavy atom. The van der Waals surface area contributed by atoms with Gasteiger partial charge in [-0.15, -0.1) is 0 Å². The van der Waals surface area contributed by atoms with Gasteiger partial charge in [0.25, 0.3) is 5.91 Å². The summed E-state index contributed by atoms with van der Waals surface area (Å²) >= 11 is 7.22. The van der Waals surface area contributed by atoms with Gasteiger partial charge in [0.2, 0.25) is 0 Å². The highest BCUT2D eigenvalue weighted by atomic mass is 35.5. The lowest BCUT2D eigenvalue weighted by Gasteiger charge is -2.39. The summed E-state index contributed by atoms with van der Waals surface area (Å²) in [5.74, 6) is -1.12. The van der Waals surface area contributed by atoms with Gasteiger partial charge in [0, 0.05) is 19.5 Å². The third-order valence-corrected chi connectivity index (χ3v) is 5.95. The number of nitrogens with one attached hydrogen (secondary N) is 1. The SMILES string of the molecule is CCCc1nc(N2CC(NC(=O)C3=NC(Cl)=C(CC)C3)C2)sc1C(=O)O. The molecule has 1 aromatic heterocycles. The summed E-state index contributed by atoms with van der Waals surface area (Å²) in [6, 6.07) is 0.00135. The van der Waals surface area contributed by atoms with E-state index < -0.39 is 5.97 Å². The van der Waals surface area contributed by atoms with Crippen molar-refractivity contribution in [3.8, 4) is 0 Å². The summed E-state index contributed by atoms with van der Waals surface area (Å²) in [5, 5.41) is 13.4. The van der Waals surface area contributed by atoms with E-state index in [0.717, 1.165) is 18.4 Å². The number of aliphatic imine (C=N–C) groups is 1. The summed E-state index contributed by atoms with van der Waals surface area (Å²) in [6.45, 7) is 5.21. The molecular weight excluding hydrogens is 376 g/mol. The van der Waals surface area contributed by atoms with Crippen molar-refractivity contribution in [2.24, 2.45) is 4.99 Å². The fraction of sp³-hybridized carbons (Fsp3) is 0.529. The lowest BCUT2D eigenvalue weighted by molar-refractivity contribution is -0.115. The van der Waals surface area contributed by atoms with Crippen LogP contribution in [0.25, 0.3) is 0 Å². The van der Waals surface area contributed by atoms with E-state index in [-0.39, 0.29) is 11.9 Å². The first kappa shape index (κ1) is 18.8. The highest BCUT2D eigenvalue weighted by molar-refractivity contribution is 7.17. The maximum Gasteiger partial charge on any atom is 0.347 e. The zero-order chi connectivity index (χ0) is 18.8. The molecule has 0 aliphatic carbocycles. The molecule has 1 fully saturated rings. The standard InChI is InChI=1S/C17H21ClN4O3S/c1-3-5-11-13(16(24)25)26-17(21-11)22-7-10(8-22)19-15(23)12-6-9(4-2)14(18)20-12/h10H,3-8H2,1-2H3,(H,19,23)(H,24,25). The summed E-state index contributed by atoms with van der Waals surface area (Å²) in [5.41, 5.74) is 2.08. The second-order valence-corrected chi connectivity index (χ2v) is 7.72. The number of halogens is 1. The number of allylic oxidation sites excluding steroid dienone is 1. The summed E-state index contributed by atoms with van der Waals surface area (Å²) in [6.07, 6.45) is 2.79. The number of amides is 1. The molecule has 9 heteroatoms. The van der Waals surface area contributed by atoms with E-state index in [9.17, 15) is 14.7 Å². The molecule has 0 bridgehead atoms. The molecule has 2 aliphatic rings. The van der Waals surface area contributed by atoms with Gasteiger partial charge in [-0.1, -0.05) is 43.2 Å². The maximum atomic E-state index is 12.3. The van der Waals surface area contributed by atoms with Crippen LogP contribution in [0.15, 0.2) is 15.7 Å². The van der Waals surface area contributed by atoms with Crippen molar-refractivity contribution < 1.29 is 14.7 Å². The Balaban J connectivity index is 1.55. The number of rotatable bonds is 7. The Morgan fingerprint density at radius 1 is 1.38 bits per heavy atom. The fourth-order valence-corrected chi connectivity index (χ4v) is 4.23. The van der Waals surface area contributed by atoms with E-state index in [1.807, 2.05) is 18.7 Å². The molecule has 0 aromatic carbocycles. The fourth-order valence-electron chi connectivity index (χ4n) is 2.96. The van der Waals surface area contributed by atoms with Crippen LogP contribution in [0, 0.1) is 0 Å². The molecular formula is C17H21ClN4O3S. The van der Waals surface area contributed by atoms with Crippen molar-refractivity contribution >= 4 is 45.7 Å². The molecule has 0 unspecified atom stereocenters. The van der Waals surface area contributed by atoms with Crippen LogP contribution in [0.3, 0.4) is 0 Å². The third kappa shape index (κ3) is 3.76. The zero-order valence-electron chi connectivity index (χ0n) is 14.7. The van der Waals surface area contributed by atoms with E-state index in [4.69, 9.17) is 11.6 Å². The highest BCUT2D eigenvalue weighted by Crippen LogP contribution is 2.30. The molecule has 0 spiro atoms. The number of hydrogen-bond acceptors (Lipinski definition) is 6. The minimum atomic E-state index is -0.932. The minimum absolute atomic E-state index is 0.00135. The molecule has 1 amide bonds. The van der Waals surface area contributed by atoms with E-state index in [1.165, 1.54) is 11.3 Å². The number of carboxylic acids is 1. The van der Waals surface area contributed by atoms with Crippen LogP contribution in [0.5, 0.6) is 0 Å². The number of thiazole rings is 1. The molecule has 1 saturated heterocycles. The predicted octanol–water partition coefficient (Wildman–Crippen LogP) is 2.80. The van der Waals surface area contributed by atoms with Crippen LogP contribution >= 0.6 is 22.9 Å². The molecule has 3 heterocycles. The van der Waals surface area contributed by atoms with Crippen LogP contribution in [0.2, 0.25) is 0 Å². The van der Waals surface area contributed by atoms with E-state index in [0.29, 0.717) is 52.5 Å². The van der Waals surface area contributed by atoms with Crippen molar-refractivity contribution in [1.82, 2.24) is 10.3 Å². The normalized spacial score (nSPS) is 17.3.